The number of nitrogens with one attached hydrogen (secondary N) is 1. The monoisotopic (exact) mass is 371 g/mol. The number of carbonyl (C=O) groups excluding carboxylic acids is 2. The van der Waals surface area contributed by atoms with Crippen LogP contribution in [-0.4, -0.2) is 46.0 Å². The van der Waals surface area contributed by atoms with E-state index in [0.717, 1.165) is 17.9 Å². The van der Waals surface area contributed by atoms with Crippen molar-refractivity contribution in [1.29, 1.82) is 0 Å². The van der Waals surface area contributed by atoms with Gasteiger partial charge in [0.2, 0.25) is 11.8 Å². The molecule has 1 aliphatic rings. The number of anilines is 1. The fourth-order valence-corrected chi connectivity index (χ4v) is 3.06. The fourth-order valence-electron chi connectivity index (χ4n) is 3.06. The molecule has 144 valence electrons. The molecule has 3 rings (SSSR count). The molecule has 2 aromatic rings. The molecule has 0 radical (unpaired) electrons. The second-order valence-corrected chi connectivity index (χ2v) is 6.88. The van der Waals surface area contributed by atoms with Crippen LogP contribution in [-0.2, 0) is 16.1 Å². The van der Waals surface area contributed by atoms with Crippen LogP contribution in [0.3, 0.4) is 0 Å². The summed E-state index contributed by atoms with van der Waals surface area (Å²) in [6.07, 6.45) is 4.50. The van der Waals surface area contributed by atoms with E-state index in [4.69, 9.17) is 4.74 Å². The number of amides is 2. The van der Waals surface area contributed by atoms with Gasteiger partial charge < -0.3 is 15.0 Å². The average molecular weight is 371 g/mol. The Bertz CT molecular complexity index is 758. The summed E-state index contributed by atoms with van der Waals surface area (Å²) in [6.45, 7) is 5.57. The minimum atomic E-state index is -0.324. The van der Waals surface area contributed by atoms with Gasteiger partial charge in [0, 0.05) is 37.9 Å². The van der Waals surface area contributed by atoms with E-state index in [0.29, 0.717) is 19.6 Å². The van der Waals surface area contributed by atoms with Gasteiger partial charge in [0.1, 0.15) is 5.75 Å². The Kier molecular flexibility index (Phi) is 6.05. The molecule has 1 aliphatic heterocycles. The lowest BCUT2D eigenvalue weighted by Crippen LogP contribution is -2.33. The summed E-state index contributed by atoms with van der Waals surface area (Å²) in [5, 5.41) is 10.5. The summed E-state index contributed by atoms with van der Waals surface area (Å²) in [5.74, 6) is 0.331. The van der Waals surface area contributed by atoms with Crippen molar-refractivity contribution in [2.45, 2.75) is 39.3 Å². The third-order valence-corrected chi connectivity index (χ3v) is 4.35. The lowest BCUT2D eigenvalue weighted by atomic mass is 10.1. The van der Waals surface area contributed by atoms with E-state index in [-0.39, 0.29) is 30.3 Å². The van der Waals surface area contributed by atoms with Crippen LogP contribution < -0.4 is 15.0 Å². The first-order valence-electron chi connectivity index (χ1n) is 9.22. The zero-order chi connectivity index (χ0) is 19.2. The molecule has 1 saturated heterocycles. The number of carbonyl (C=O) groups is 2. The zero-order valence-electron chi connectivity index (χ0n) is 15.7. The number of hydrogen-bond donors (Lipinski definition) is 1. The first-order chi connectivity index (χ1) is 13.0. The Morgan fingerprint density at radius 2 is 2.11 bits per heavy atom. The molecule has 0 aliphatic carbocycles. The second-order valence-electron chi connectivity index (χ2n) is 6.88. The number of hydrogen-bond acceptors (Lipinski definition) is 5. The quantitative estimate of drug-likeness (QED) is 0.713. The maximum Gasteiger partial charge on any atom is 0.227 e. The molecule has 0 spiro atoms. The summed E-state index contributed by atoms with van der Waals surface area (Å²) in [4.78, 5) is 26.4. The van der Waals surface area contributed by atoms with Crippen molar-refractivity contribution in [3.63, 3.8) is 0 Å². The molecular formula is C19H25N5O3. The van der Waals surface area contributed by atoms with Crippen LogP contribution in [0.1, 0.15) is 26.7 Å². The smallest absolute Gasteiger partial charge is 0.227 e. The third-order valence-electron chi connectivity index (χ3n) is 4.35. The van der Waals surface area contributed by atoms with Gasteiger partial charge in [-0.1, -0.05) is 5.21 Å². The zero-order valence-corrected chi connectivity index (χ0v) is 15.7. The van der Waals surface area contributed by atoms with Gasteiger partial charge >= 0.3 is 0 Å². The van der Waals surface area contributed by atoms with Crippen molar-refractivity contribution in [3.05, 3.63) is 36.7 Å². The Labute approximate surface area is 158 Å². The van der Waals surface area contributed by atoms with Crippen LogP contribution in [0.2, 0.25) is 0 Å². The van der Waals surface area contributed by atoms with Crippen molar-refractivity contribution in [3.8, 4) is 5.75 Å². The molecule has 0 bridgehead atoms. The van der Waals surface area contributed by atoms with E-state index < -0.39 is 0 Å². The predicted octanol–water partition coefficient (Wildman–Crippen LogP) is 1.62. The Balaban J connectivity index is 1.48. The molecule has 2 amide bonds. The first-order valence-corrected chi connectivity index (χ1v) is 9.22. The van der Waals surface area contributed by atoms with Gasteiger partial charge in [0.25, 0.3) is 0 Å². The average Bonchev–Trinajstić information content (AvgIpc) is 3.28. The van der Waals surface area contributed by atoms with Crippen molar-refractivity contribution in [2.24, 2.45) is 5.92 Å². The first kappa shape index (κ1) is 18.9. The maximum absolute atomic E-state index is 12.4. The lowest BCUT2D eigenvalue weighted by Gasteiger charge is -2.18. The highest BCUT2D eigenvalue weighted by molar-refractivity contribution is 6.00. The Morgan fingerprint density at radius 3 is 2.78 bits per heavy atom. The van der Waals surface area contributed by atoms with Gasteiger partial charge in [0.15, 0.2) is 0 Å². The topological polar surface area (TPSA) is 89.3 Å². The summed E-state index contributed by atoms with van der Waals surface area (Å²) >= 11 is 0. The minimum absolute atomic E-state index is 0.0321. The van der Waals surface area contributed by atoms with Gasteiger partial charge in [-0.25, -0.2) is 0 Å². The number of benzene rings is 1. The van der Waals surface area contributed by atoms with Crippen molar-refractivity contribution < 1.29 is 14.3 Å². The van der Waals surface area contributed by atoms with E-state index in [2.05, 4.69) is 15.6 Å². The summed E-state index contributed by atoms with van der Waals surface area (Å²) in [6, 6.07) is 7.41. The fraction of sp³-hybridized carbons (Fsp3) is 0.474. The lowest BCUT2D eigenvalue weighted by molar-refractivity contribution is -0.126. The number of nitrogens with zero attached hydrogens (tertiary/aromatic N) is 4. The molecule has 1 N–H and O–H groups in total. The molecule has 1 fully saturated rings. The number of ether oxygens (including phenoxy) is 1. The number of aromatic nitrogens is 3. The van der Waals surface area contributed by atoms with Crippen LogP contribution >= 0.6 is 0 Å². The highest BCUT2D eigenvalue weighted by Crippen LogP contribution is 2.27. The van der Waals surface area contributed by atoms with Crippen molar-refractivity contribution in [2.75, 3.05) is 18.0 Å². The normalized spacial score (nSPS) is 16.8. The van der Waals surface area contributed by atoms with Crippen LogP contribution in [0.4, 0.5) is 5.69 Å². The van der Waals surface area contributed by atoms with Gasteiger partial charge in [-0.15, -0.1) is 5.10 Å². The van der Waals surface area contributed by atoms with Crippen LogP contribution in [0.5, 0.6) is 5.75 Å². The molecule has 0 unspecified atom stereocenters. The van der Waals surface area contributed by atoms with Gasteiger partial charge in [-0.3, -0.25) is 14.3 Å². The molecule has 1 aromatic carbocycles. The van der Waals surface area contributed by atoms with Gasteiger partial charge in [-0.2, -0.15) is 0 Å². The summed E-state index contributed by atoms with van der Waals surface area (Å²) in [5.41, 5.74) is 0.789. The molecule has 8 nitrogen and oxygen atoms in total. The number of rotatable bonds is 8. The van der Waals surface area contributed by atoms with Crippen molar-refractivity contribution >= 4 is 17.5 Å². The second kappa shape index (κ2) is 8.66. The largest absolute Gasteiger partial charge is 0.491 e. The highest BCUT2D eigenvalue weighted by Gasteiger charge is 2.34. The van der Waals surface area contributed by atoms with E-state index >= 15 is 0 Å². The highest BCUT2D eigenvalue weighted by atomic mass is 16.5. The molecular weight excluding hydrogens is 346 g/mol. The van der Waals surface area contributed by atoms with E-state index in [9.17, 15) is 9.59 Å². The molecule has 0 saturated carbocycles. The standard InChI is InChI=1S/C19H25N5O3/c1-14(2)27-17-6-4-16(5-7-17)24-13-15(12-18(24)25)19(26)20-8-3-10-23-11-9-21-22-23/h4-7,9,11,14-15H,3,8,10,12-13H2,1-2H3,(H,20,26)/t15-/m1/s1. The molecule has 2 heterocycles. The predicted molar refractivity (Wildman–Crippen MR) is 100 cm³/mol. The van der Waals surface area contributed by atoms with Gasteiger partial charge in [0.05, 0.1) is 18.2 Å². The van der Waals surface area contributed by atoms with E-state index in [1.807, 2.05) is 38.1 Å². The third kappa shape index (κ3) is 5.06. The Hall–Kier alpha value is -2.90. The summed E-state index contributed by atoms with van der Waals surface area (Å²) < 4.78 is 7.34. The van der Waals surface area contributed by atoms with Crippen LogP contribution in [0.15, 0.2) is 36.7 Å². The van der Waals surface area contributed by atoms with E-state index in [1.54, 1.807) is 22.0 Å². The molecule has 8 heteroatoms. The maximum atomic E-state index is 12.4. The SMILES string of the molecule is CC(C)Oc1ccc(N2C[C@H](C(=O)NCCCn3ccnn3)CC2=O)cc1. The van der Waals surface area contributed by atoms with Crippen molar-refractivity contribution in [1.82, 2.24) is 20.3 Å². The Morgan fingerprint density at radius 1 is 1.33 bits per heavy atom. The molecule has 1 aromatic heterocycles. The summed E-state index contributed by atoms with van der Waals surface area (Å²) in [7, 11) is 0. The molecule has 1 atom stereocenters. The van der Waals surface area contributed by atoms with Crippen LogP contribution in [0.25, 0.3) is 0 Å². The minimum Gasteiger partial charge on any atom is -0.491 e. The number of aryl methyl sites for hydroxylation is 1. The van der Waals surface area contributed by atoms with E-state index in [1.165, 1.54) is 0 Å². The molecule has 27 heavy (non-hydrogen) atoms. The van der Waals surface area contributed by atoms with Crippen LogP contribution in [0, 0.1) is 5.92 Å². The van der Waals surface area contributed by atoms with Gasteiger partial charge in [-0.05, 0) is 44.5 Å².